The lowest BCUT2D eigenvalue weighted by molar-refractivity contribution is -0.125. The molecule has 1 amide bonds. The number of thiophene rings is 1. The lowest BCUT2D eigenvalue weighted by Crippen LogP contribution is -2.45. The van der Waals surface area contributed by atoms with Gasteiger partial charge in [0.25, 0.3) is 0 Å². The summed E-state index contributed by atoms with van der Waals surface area (Å²) in [6.07, 6.45) is 0. The number of rotatable bonds is 5. The number of nitrogens with zero attached hydrogens (tertiary/aromatic N) is 1. The van der Waals surface area contributed by atoms with Gasteiger partial charge in [-0.1, -0.05) is 13.0 Å². The summed E-state index contributed by atoms with van der Waals surface area (Å²) >= 11 is 1.76. The first-order valence-electron chi connectivity index (χ1n) is 8.09. The molecule has 1 aromatic rings. The fourth-order valence-corrected chi connectivity index (χ4v) is 4.13. The first-order chi connectivity index (χ1) is 10.8. The average molecular weight is 323 g/mol. The maximum absolute atomic E-state index is 12.4. The molecule has 0 aliphatic carbocycles. The summed E-state index contributed by atoms with van der Waals surface area (Å²) < 4.78 is 5.45. The molecule has 3 heterocycles. The van der Waals surface area contributed by atoms with Crippen LogP contribution in [0.15, 0.2) is 17.5 Å². The van der Waals surface area contributed by atoms with E-state index in [1.54, 1.807) is 11.3 Å². The molecule has 0 saturated carbocycles. The summed E-state index contributed by atoms with van der Waals surface area (Å²) in [4.78, 5) is 16.2. The average Bonchev–Trinajstić information content (AvgIpc) is 3.20. The Morgan fingerprint density at radius 1 is 1.50 bits per heavy atom. The van der Waals surface area contributed by atoms with E-state index in [-0.39, 0.29) is 17.9 Å². The normalized spacial score (nSPS) is 27.7. The van der Waals surface area contributed by atoms with Gasteiger partial charge in [-0.15, -0.1) is 11.3 Å². The highest BCUT2D eigenvalue weighted by atomic mass is 32.1. The Bertz CT molecular complexity index is 474. The third kappa shape index (κ3) is 3.68. The van der Waals surface area contributed by atoms with E-state index in [9.17, 15) is 4.79 Å². The lowest BCUT2D eigenvalue weighted by atomic mass is 9.97. The second-order valence-electron chi connectivity index (χ2n) is 6.17. The van der Waals surface area contributed by atoms with E-state index in [1.165, 1.54) is 4.88 Å². The summed E-state index contributed by atoms with van der Waals surface area (Å²) in [7, 11) is 0. The zero-order valence-corrected chi connectivity index (χ0v) is 13.9. The van der Waals surface area contributed by atoms with Crippen molar-refractivity contribution in [1.29, 1.82) is 0 Å². The zero-order chi connectivity index (χ0) is 15.4. The SMILES string of the molecule is C[C@@H]1CNC[C@H]1C(=O)NCC(c1cccs1)N1CCOCC1. The second-order valence-corrected chi connectivity index (χ2v) is 7.15. The van der Waals surface area contributed by atoms with Crippen molar-refractivity contribution in [3.05, 3.63) is 22.4 Å². The van der Waals surface area contributed by atoms with Gasteiger partial charge in [-0.2, -0.15) is 0 Å². The van der Waals surface area contributed by atoms with E-state index >= 15 is 0 Å². The van der Waals surface area contributed by atoms with Gasteiger partial charge in [0.05, 0.1) is 25.2 Å². The smallest absolute Gasteiger partial charge is 0.224 e. The molecule has 0 radical (unpaired) electrons. The number of amides is 1. The van der Waals surface area contributed by atoms with E-state index in [1.807, 2.05) is 0 Å². The van der Waals surface area contributed by atoms with Crippen molar-refractivity contribution >= 4 is 17.2 Å². The number of nitrogens with one attached hydrogen (secondary N) is 2. The minimum atomic E-state index is 0.105. The highest BCUT2D eigenvalue weighted by molar-refractivity contribution is 7.10. The Labute approximate surface area is 136 Å². The highest BCUT2D eigenvalue weighted by Crippen LogP contribution is 2.25. The maximum atomic E-state index is 12.4. The molecule has 0 spiro atoms. The molecule has 2 aliphatic rings. The van der Waals surface area contributed by atoms with E-state index in [0.29, 0.717) is 12.5 Å². The topological polar surface area (TPSA) is 53.6 Å². The minimum absolute atomic E-state index is 0.105. The number of hydrogen-bond acceptors (Lipinski definition) is 5. The van der Waals surface area contributed by atoms with Crippen molar-refractivity contribution in [3.8, 4) is 0 Å². The maximum Gasteiger partial charge on any atom is 0.224 e. The van der Waals surface area contributed by atoms with Crippen LogP contribution in [0.4, 0.5) is 0 Å². The molecule has 22 heavy (non-hydrogen) atoms. The van der Waals surface area contributed by atoms with Crippen LogP contribution in [-0.2, 0) is 9.53 Å². The molecule has 5 nitrogen and oxygen atoms in total. The summed E-state index contributed by atoms with van der Waals surface area (Å²) in [6.45, 7) is 7.98. The zero-order valence-electron chi connectivity index (χ0n) is 13.1. The van der Waals surface area contributed by atoms with E-state index < -0.39 is 0 Å². The van der Waals surface area contributed by atoms with Crippen molar-refractivity contribution < 1.29 is 9.53 Å². The number of carbonyl (C=O) groups is 1. The van der Waals surface area contributed by atoms with E-state index in [0.717, 1.165) is 39.4 Å². The molecule has 122 valence electrons. The standard InChI is InChI=1S/C16H25N3O2S/c1-12-9-17-10-13(12)16(20)18-11-14(15-3-2-8-22-15)19-4-6-21-7-5-19/h2-3,8,12-14,17H,4-7,9-11H2,1H3,(H,18,20)/t12-,13-,14?/m1/s1. The molecule has 1 aromatic heterocycles. The van der Waals surface area contributed by atoms with Gasteiger partial charge in [-0.25, -0.2) is 0 Å². The molecule has 2 N–H and O–H groups in total. The third-order valence-electron chi connectivity index (χ3n) is 4.68. The minimum Gasteiger partial charge on any atom is -0.379 e. The molecule has 2 aliphatic heterocycles. The van der Waals surface area contributed by atoms with Gasteiger partial charge in [0.2, 0.25) is 5.91 Å². The predicted molar refractivity (Wildman–Crippen MR) is 88.0 cm³/mol. The van der Waals surface area contributed by atoms with Crippen LogP contribution >= 0.6 is 11.3 Å². The molecule has 3 rings (SSSR count). The molecule has 2 fully saturated rings. The quantitative estimate of drug-likeness (QED) is 0.852. The summed E-state index contributed by atoms with van der Waals surface area (Å²) in [5, 5.41) is 8.59. The van der Waals surface area contributed by atoms with Crippen LogP contribution in [0.5, 0.6) is 0 Å². The monoisotopic (exact) mass is 323 g/mol. The summed E-state index contributed by atoms with van der Waals surface area (Å²) in [5.41, 5.74) is 0. The van der Waals surface area contributed by atoms with Gasteiger partial charge in [0.1, 0.15) is 0 Å². The highest BCUT2D eigenvalue weighted by Gasteiger charge is 2.31. The van der Waals surface area contributed by atoms with Crippen molar-refractivity contribution in [2.45, 2.75) is 13.0 Å². The van der Waals surface area contributed by atoms with Crippen molar-refractivity contribution in [1.82, 2.24) is 15.5 Å². The first-order valence-corrected chi connectivity index (χ1v) is 8.97. The number of hydrogen-bond donors (Lipinski definition) is 2. The van der Waals surface area contributed by atoms with Crippen LogP contribution in [0, 0.1) is 11.8 Å². The van der Waals surface area contributed by atoms with Crippen LogP contribution < -0.4 is 10.6 Å². The predicted octanol–water partition coefficient (Wildman–Crippen LogP) is 1.09. The second kappa shape index (κ2) is 7.55. The molecule has 0 aromatic carbocycles. The van der Waals surface area contributed by atoms with Crippen LogP contribution in [0.25, 0.3) is 0 Å². The van der Waals surface area contributed by atoms with Gasteiger partial charge in [0, 0.05) is 31.1 Å². The largest absolute Gasteiger partial charge is 0.379 e. The Kier molecular flexibility index (Phi) is 5.46. The van der Waals surface area contributed by atoms with Gasteiger partial charge in [0.15, 0.2) is 0 Å². The number of ether oxygens (including phenoxy) is 1. The molecule has 3 atom stereocenters. The Morgan fingerprint density at radius 2 is 2.32 bits per heavy atom. The lowest BCUT2D eigenvalue weighted by Gasteiger charge is -2.34. The molecular formula is C16H25N3O2S. The third-order valence-corrected chi connectivity index (χ3v) is 5.66. The molecular weight excluding hydrogens is 298 g/mol. The Balaban J connectivity index is 1.61. The van der Waals surface area contributed by atoms with Gasteiger partial charge < -0.3 is 15.4 Å². The van der Waals surface area contributed by atoms with Gasteiger partial charge in [-0.05, 0) is 23.9 Å². The van der Waals surface area contributed by atoms with Crippen LogP contribution in [0.2, 0.25) is 0 Å². The van der Waals surface area contributed by atoms with E-state index in [2.05, 4.69) is 40.0 Å². The molecule has 2 saturated heterocycles. The van der Waals surface area contributed by atoms with Crippen molar-refractivity contribution in [3.63, 3.8) is 0 Å². The van der Waals surface area contributed by atoms with Crippen molar-refractivity contribution in [2.24, 2.45) is 11.8 Å². The Hall–Kier alpha value is -0.950. The summed E-state index contributed by atoms with van der Waals surface area (Å²) in [5.74, 6) is 0.713. The fourth-order valence-electron chi connectivity index (χ4n) is 3.27. The van der Waals surface area contributed by atoms with Crippen LogP contribution in [0.3, 0.4) is 0 Å². The first kappa shape index (κ1) is 15.9. The van der Waals surface area contributed by atoms with Crippen LogP contribution in [0.1, 0.15) is 17.8 Å². The molecule has 1 unspecified atom stereocenters. The summed E-state index contributed by atoms with van der Waals surface area (Å²) in [6, 6.07) is 4.51. The number of morpholine rings is 1. The van der Waals surface area contributed by atoms with E-state index in [4.69, 9.17) is 4.74 Å². The molecule has 0 bridgehead atoms. The van der Waals surface area contributed by atoms with Crippen molar-refractivity contribution in [2.75, 3.05) is 45.9 Å². The molecule has 6 heteroatoms. The van der Waals surface area contributed by atoms with Crippen LogP contribution in [-0.4, -0.2) is 56.7 Å². The van der Waals surface area contributed by atoms with Gasteiger partial charge >= 0.3 is 0 Å². The number of carbonyl (C=O) groups excluding carboxylic acids is 1. The fraction of sp³-hybridized carbons (Fsp3) is 0.688. The van der Waals surface area contributed by atoms with Gasteiger partial charge in [-0.3, -0.25) is 9.69 Å². The Morgan fingerprint density at radius 3 is 2.95 bits per heavy atom.